The standard InChI is InChI=1S/C10H11F5N2O3S/c11-6-3-7(12)9(4-8(6)16)21(19,20)17(1-2-18)5-10(13,14)15/h3-4,18H,1-2,5,16H2. The van der Waals surface area contributed by atoms with Gasteiger partial charge in [-0.2, -0.15) is 17.5 Å². The van der Waals surface area contributed by atoms with Gasteiger partial charge < -0.3 is 10.8 Å². The lowest BCUT2D eigenvalue weighted by molar-refractivity contribution is -0.136. The minimum Gasteiger partial charge on any atom is -0.396 e. The Morgan fingerprint density at radius 1 is 1.19 bits per heavy atom. The first-order valence-corrected chi connectivity index (χ1v) is 6.85. The molecule has 0 radical (unpaired) electrons. The first kappa shape index (κ1) is 17.6. The number of hydrogen-bond acceptors (Lipinski definition) is 4. The number of aliphatic hydroxyl groups excluding tert-OH is 1. The normalized spacial score (nSPS) is 12.9. The molecule has 0 bridgehead atoms. The van der Waals surface area contributed by atoms with Gasteiger partial charge in [0.05, 0.1) is 12.3 Å². The number of nitrogens with two attached hydrogens (primary N) is 1. The molecule has 0 saturated carbocycles. The number of alkyl halides is 3. The second-order valence-corrected chi connectivity index (χ2v) is 5.89. The highest BCUT2D eigenvalue weighted by atomic mass is 32.2. The largest absolute Gasteiger partial charge is 0.402 e. The maximum atomic E-state index is 13.5. The molecule has 0 aliphatic carbocycles. The molecule has 120 valence electrons. The number of nitrogens with zero attached hydrogens (tertiary/aromatic N) is 1. The Balaban J connectivity index is 3.32. The molecule has 3 N–H and O–H groups in total. The van der Waals surface area contributed by atoms with Crippen LogP contribution in [0, 0.1) is 11.6 Å². The third-order valence-electron chi connectivity index (χ3n) is 2.37. The molecule has 11 heteroatoms. The summed E-state index contributed by atoms with van der Waals surface area (Å²) in [6, 6.07) is 0.549. The maximum Gasteiger partial charge on any atom is 0.402 e. The van der Waals surface area contributed by atoms with Crippen molar-refractivity contribution in [3.05, 3.63) is 23.8 Å². The average Bonchev–Trinajstić information content (AvgIpc) is 2.31. The van der Waals surface area contributed by atoms with E-state index in [2.05, 4.69) is 0 Å². The number of hydrogen-bond donors (Lipinski definition) is 2. The lowest BCUT2D eigenvalue weighted by atomic mass is 10.3. The first-order chi connectivity index (χ1) is 9.49. The number of nitrogen functional groups attached to an aromatic ring is 1. The predicted octanol–water partition coefficient (Wildman–Crippen LogP) is 1.09. The SMILES string of the molecule is Nc1cc(S(=O)(=O)N(CCO)CC(F)(F)F)c(F)cc1F. The van der Waals surface area contributed by atoms with Crippen LogP contribution in [0.3, 0.4) is 0 Å². The van der Waals surface area contributed by atoms with E-state index in [4.69, 9.17) is 10.8 Å². The van der Waals surface area contributed by atoms with Gasteiger partial charge in [0.1, 0.15) is 23.1 Å². The van der Waals surface area contributed by atoms with E-state index >= 15 is 0 Å². The highest BCUT2D eigenvalue weighted by molar-refractivity contribution is 7.89. The Morgan fingerprint density at radius 2 is 1.76 bits per heavy atom. The molecule has 1 rings (SSSR count). The summed E-state index contributed by atoms with van der Waals surface area (Å²) < 4.78 is 87.3. The summed E-state index contributed by atoms with van der Waals surface area (Å²) >= 11 is 0. The van der Waals surface area contributed by atoms with Crippen molar-refractivity contribution in [1.82, 2.24) is 4.31 Å². The van der Waals surface area contributed by atoms with Crippen LogP contribution < -0.4 is 5.73 Å². The van der Waals surface area contributed by atoms with Gasteiger partial charge in [-0.3, -0.25) is 0 Å². The van der Waals surface area contributed by atoms with E-state index in [1.807, 2.05) is 0 Å². The van der Waals surface area contributed by atoms with Crippen LogP contribution in [0.1, 0.15) is 0 Å². The van der Waals surface area contributed by atoms with Crippen molar-refractivity contribution in [3.8, 4) is 0 Å². The smallest absolute Gasteiger partial charge is 0.396 e. The third kappa shape index (κ3) is 4.25. The molecule has 0 aromatic heterocycles. The van der Waals surface area contributed by atoms with Crippen LogP contribution in [0.5, 0.6) is 0 Å². The van der Waals surface area contributed by atoms with Crippen molar-refractivity contribution in [2.24, 2.45) is 0 Å². The Morgan fingerprint density at radius 3 is 2.24 bits per heavy atom. The molecule has 0 amide bonds. The van der Waals surface area contributed by atoms with Crippen LogP contribution in [0.2, 0.25) is 0 Å². The molecule has 1 aromatic rings. The van der Waals surface area contributed by atoms with E-state index in [0.29, 0.717) is 6.07 Å². The van der Waals surface area contributed by atoms with Crippen LogP contribution in [-0.2, 0) is 10.0 Å². The molecule has 1 aromatic carbocycles. The third-order valence-corrected chi connectivity index (χ3v) is 4.23. The van der Waals surface area contributed by atoms with Crippen LogP contribution in [0.4, 0.5) is 27.6 Å². The molecule has 5 nitrogen and oxygen atoms in total. The van der Waals surface area contributed by atoms with Crippen molar-refractivity contribution in [2.75, 3.05) is 25.4 Å². The number of benzene rings is 1. The molecule has 0 unspecified atom stereocenters. The second-order valence-electron chi connectivity index (χ2n) is 3.98. The summed E-state index contributed by atoms with van der Waals surface area (Å²) in [5.41, 5.74) is 4.36. The Bertz CT molecular complexity index is 618. The van der Waals surface area contributed by atoms with E-state index in [1.165, 1.54) is 0 Å². The number of aliphatic hydroxyl groups is 1. The highest BCUT2D eigenvalue weighted by Gasteiger charge is 2.38. The van der Waals surface area contributed by atoms with Gasteiger partial charge in [-0.15, -0.1) is 0 Å². The van der Waals surface area contributed by atoms with E-state index in [-0.39, 0.29) is 10.4 Å². The molecule has 0 fully saturated rings. The van der Waals surface area contributed by atoms with Gasteiger partial charge in [-0.1, -0.05) is 0 Å². The Kier molecular flexibility index (Phi) is 5.12. The molecular formula is C10H11F5N2O3S. The van der Waals surface area contributed by atoms with Gasteiger partial charge in [0.25, 0.3) is 0 Å². The molecule has 0 aliphatic rings. The van der Waals surface area contributed by atoms with Crippen LogP contribution in [0.15, 0.2) is 17.0 Å². The minimum atomic E-state index is -4.93. The molecule has 0 aliphatic heterocycles. The fraction of sp³-hybridized carbons (Fsp3) is 0.400. The zero-order chi connectivity index (χ0) is 16.4. The van der Waals surface area contributed by atoms with E-state index in [1.54, 1.807) is 0 Å². The summed E-state index contributed by atoms with van der Waals surface area (Å²) in [4.78, 5) is -1.20. The van der Waals surface area contributed by atoms with Gasteiger partial charge in [-0.25, -0.2) is 17.2 Å². The van der Waals surface area contributed by atoms with Gasteiger partial charge in [0, 0.05) is 12.6 Å². The number of halogens is 5. The number of sulfonamides is 1. The van der Waals surface area contributed by atoms with Gasteiger partial charge >= 0.3 is 6.18 Å². The predicted molar refractivity (Wildman–Crippen MR) is 62.7 cm³/mol. The van der Waals surface area contributed by atoms with Gasteiger partial charge in [0.2, 0.25) is 10.0 Å². The summed E-state index contributed by atoms with van der Waals surface area (Å²) in [5, 5.41) is 8.66. The molecular weight excluding hydrogens is 323 g/mol. The fourth-order valence-electron chi connectivity index (χ4n) is 1.48. The van der Waals surface area contributed by atoms with Gasteiger partial charge in [0.15, 0.2) is 0 Å². The molecule has 0 saturated heterocycles. The molecule has 0 atom stereocenters. The number of anilines is 1. The zero-order valence-electron chi connectivity index (χ0n) is 10.4. The monoisotopic (exact) mass is 334 g/mol. The molecule has 0 spiro atoms. The molecule has 0 heterocycles. The van der Waals surface area contributed by atoms with E-state index in [9.17, 15) is 30.4 Å². The van der Waals surface area contributed by atoms with Crippen molar-refractivity contribution < 1.29 is 35.5 Å². The maximum absolute atomic E-state index is 13.5. The summed E-state index contributed by atoms with van der Waals surface area (Å²) in [7, 11) is -4.93. The lowest BCUT2D eigenvalue weighted by Crippen LogP contribution is -2.41. The summed E-state index contributed by atoms with van der Waals surface area (Å²) in [5.74, 6) is -2.82. The number of rotatable bonds is 5. The van der Waals surface area contributed by atoms with Crippen molar-refractivity contribution in [2.45, 2.75) is 11.1 Å². The second kappa shape index (κ2) is 6.12. The minimum absolute atomic E-state index is 0.160. The summed E-state index contributed by atoms with van der Waals surface area (Å²) in [6.07, 6.45) is -4.90. The van der Waals surface area contributed by atoms with Crippen LogP contribution in [0.25, 0.3) is 0 Å². The fourth-order valence-corrected chi connectivity index (χ4v) is 2.98. The average molecular weight is 334 g/mol. The van der Waals surface area contributed by atoms with Crippen molar-refractivity contribution in [1.29, 1.82) is 0 Å². The van der Waals surface area contributed by atoms with Crippen LogP contribution >= 0.6 is 0 Å². The first-order valence-electron chi connectivity index (χ1n) is 5.41. The van der Waals surface area contributed by atoms with E-state index in [0.717, 1.165) is 0 Å². The van der Waals surface area contributed by atoms with E-state index < -0.39 is 58.1 Å². The Hall–Kier alpha value is -1.46. The Labute approximate surface area is 116 Å². The molecule has 21 heavy (non-hydrogen) atoms. The summed E-state index contributed by atoms with van der Waals surface area (Å²) in [6.45, 7) is -3.74. The van der Waals surface area contributed by atoms with Crippen LogP contribution in [-0.4, -0.2) is 43.7 Å². The highest BCUT2D eigenvalue weighted by Crippen LogP contribution is 2.26. The zero-order valence-corrected chi connectivity index (χ0v) is 11.2. The lowest BCUT2D eigenvalue weighted by Gasteiger charge is -2.23. The van der Waals surface area contributed by atoms with Crippen molar-refractivity contribution in [3.63, 3.8) is 0 Å². The quantitative estimate of drug-likeness (QED) is 0.624. The topological polar surface area (TPSA) is 83.6 Å². The van der Waals surface area contributed by atoms with Gasteiger partial charge in [-0.05, 0) is 6.07 Å². The van der Waals surface area contributed by atoms with Crippen molar-refractivity contribution >= 4 is 15.7 Å².